The molecule has 0 amide bonds. The average Bonchev–Trinajstić information content (AvgIpc) is 3.65. The second kappa shape index (κ2) is 11.1. The molecule has 0 radical (unpaired) electrons. The lowest BCUT2D eigenvalue weighted by Crippen LogP contribution is -2.00. The fourth-order valence-corrected chi connectivity index (χ4v) is 6.59. The van der Waals surface area contributed by atoms with Gasteiger partial charge in [0.2, 0.25) is 0 Å². The van der Waals surface area contributed by atoms with Gasteiger partial charge in [-0.1, -0.05) is 134 Å². The van der Waals surface area contributed by atoms with Crippen LogP contribution in [0.25, 0.3) is 82.4 Å². The molecule has 1 heterocycles. The minimum Gasteiger partial charge on any atom is -0.296 e. The summed E-state index contributed by atoms with van der Waals surface area (Å²) in [5, 5.41) is 1.70. The fraction of sp³-hybridized carbons (Fsp3) is 0.0444. The molecule has 0 aliphatic heterocycles. The highest BCUT2D eigenvalue weighted by atomic mass is 15.1. The molecule has 9 aromatic rings. The highest BCUT2D eigenvalue weighted by Gasteiger charge is 2.18. The monoisotopic (exact) mass is 613 g/mol. The van der Waals surface area contributed by atoms with Gasteiger partial charge in [-0.15, -0.1) is 0 Å². The molecule has 0 N–H and O–H groups in total. The van der Waals surface area contributed by atoms with Crippen molar-refractivity contribution in [2.24, 2.45) is 0 Å². The first-order valence-corrected chi connectivity index (χ1v) is 15.2. The standard InChI is InChI=1S/C45H32N2/c1-2-43-46-41-21-10-11-22-42(41)47(43)36-26-25-32-28-35(24-23-33(32)29-36)45-39-19-8-6-17-37(39)44(38-18-7-9-20-40(38)45)34-16-12-15-31(27-34)30-13-4-3-5-14-30/h3-29H,2H2,1H3/i1D3,2D2,6D,7D,8D,9D,17D,18D,19D,20D. The zero-order valence-electron chi connectivity index (χ0n) is 37.9. The van der Waals surface area contributed by atoms with Gasteiger partial charge in [-0.25, -0.2) is 4.98 Å². The van der Waals surface area contributed by atoms with E-state index in [0.717, 1.165) is 11.1 Å². The first kappa shape index (κ1) is 17.1. The lowest BCUT2D eigenvalue weighted by atomic mass is 9.85. The Morgan fingerprint density at radius 3 is 1.89 bits per heavy atom. The molecule has 0 unspecified atom stereocenters. The highest BCUT2D eigenvalue weighted by molar-refractivity contribution is 6.21. The Morgan fingerprint density at radius 2 is 1.17 bits per heavy atom. The molecule has 0 saturated heterocycles. The number of rotatable bonds is 5. The number of aryl methyl sites for hydroxylation is 1. The van der Waals surface area contributed by atoms with Gasteiger partial charge in [0.15, 0.2) is 0 Å². The van der Waals surface area contributed by atoms with Crippen LogP contribution in [0.15, 0.2) is 164 Å². The molecule has 2 heteroatoms. The van der Waals surface area contributed by atoms with E-state index in [1.165, 1.54) is 4.57 Å². The van der Waals surface area contributed by atoms with E-state index in [-0.39, 0.29) is 62.7 Å². The van der Waals surface area contributed by atoms with E-state index in [0.29, 0.717) is 38.6 Å². The zero-order chi connectivity index (χ0) is 42.6. The molecule has 0 aliphatic carbocycles. The summed E-state index contributed by atoms with van der Waals surface area (Å²) < 4.78 is 115. The molecule has 0 spiro atoms. The molecular weight excluding hydrogens is 569 g/mol. The fourth-order valence-electron chi connectivity index (χ4n) is 6.59. The van der Waals surface area contributed by atoms with Crippen molar-refractivity contribution in [2.75, 3.05) is 0 Å². The van der Waals surface area contributed by atoms with Crippen LogP contribution in [-0.4, -0.2) is 9.55 Å². The van der Waals surface area contributed by atoms with Crippen molar-refractivity contribution in [3.63, 3.8) is 0 Å². The molecular formula is C45H32N2. The molecule has 2 nitrogen and oxygen atoms in total. The topological polar surface area (TPSA) is 17.8 Å². The van der Waals surface area contributed by atoms with E-state index in [9.17, 15) is 5.48 Å². The van der Waals surface area contributed by atoms with Gasteiger partial charge in [-0.2, -0.15) is 0 Å². The first-order chi connectivity index (χ1) is 28.5. The summed E-state index contributed by atoms with van der Waals surface area (Å²) in [6.07, 6.45) is -2.80. The predicted octanol–water partition coefficient (Wildman–Crippen LogP) is 12.0. The Balaban J connectivity index is 1.35. The summed E-state index contributed by atoms with van der Waals surface area (Å²) in [5.41, 5.74) is 4.47. The molecule has 0 bridgehead atoms. The first-order valence-electron chi connectivity index (χ1n) is 21.7. The van der Waals surface area contributed by atoms with E-state index >= 15 is 0 Å². The van der Waals surface area contributed by atoms with Gasteiger partial charge in [0.1, 0.15) is 5.82 Å². The molecule has 1 aromatic heterocycles. The number of hydrogen-bond acceptors (Lipinski definition) is 1. The molecule has 47 heavy (non-hydrogen) atoms. The number of benzene rings is 8. The minimum absolute atomic E-state index is 0.0936. The third-order valence-corrected chi connectivity index (χ3v) is 8.68. The second-order valence-corrected chi connectivity index (χ2v) is 11.3. The van der Waals surface area contributed by atoms with Crippen molar-refractivity contribution in [3.05, 3.63) is 169 Å². The van der Waals surface area contributed by atoms with Gasteiger partial charge >= 0.3 is 0 Å². The number of nitrogens with zero attached hydrogens (tertiary/aromatic N) is 2. The summed E-state index contributed by atoms with van der Waals surface area (Å²) in [7, 11) is 0. The van der Waals surface area contributed by atoms with Crippen LogP contribution in [0.2, 0.25) is 0 Å². The smallest absolute Gasteiger partial charge is 0.114 e. The van der Waals surface area contributed by atoms with Crippen LogP contribution in [-0.2, 0) is 6.37 Å². The molecule has 9 rings (SSSR count). The molecule has 222 valence electrons. The number of hydrogen-bond donors (Lipinski definition) is 0. The van der Waals surface area contributed by atoms with Crippen LogP contribution in [0.4, 0.5) is 0 Å². The Kier molecular flexibility index (Phi) is 4.04. The Hall–Kier alpha value is -5.99. The zero-order valence-corrected chi connectivity index (χ0v) is 24.9. The van der Waals surface area contributed by atoms with Gasteiger partial charge in [-0.3, -0.25) is 4.57 Å². The number of fused-ring (bicyclic) bond motifs is 4. The van der Waals surface area contributed by atoms with E-state index in [1.807, 2.05) is 48.5 Å². The van der Waals surface area contributed by atoms with E-state index in [2.05, 4.69) is 4.98 Å². The maximum Gasteiger partial charge on any atom is 0.114 e. The Morgan fingerprint density at radius 1 is 0.574 bits per heavy atom. The van der Waals surface area contributed by atoms with Crippen molar-refractivity contribution < 1.29 is 17.8 Å². The molecule has 8 aromatic carbocycles. The summed E-state index contributed by atoms with van der Waals surface area (Å²) in [6, 6.07) is 30.9. The Bertz CT molecular complexity index is 3180. The number of imidazole rings is 1. The molecule has 0 saturated carbocycles. The van der Waals surface area contributed by atoms with E-state index in [1.54, 1.807) is 66.7 Å². The maximum absolute atomic E-state index is 9.34. The quantitative estimate of drug-likeness (QED) is 0.177. The van der Waals surface area contributed by atoms with Gasteiger partial charge in [0, 0.05) is 18.9 Å². The lowest BCUT2D eigenvalue weighted by Gasteiger charge is -2.18. The highest BCUT2D eigenvalue weighted by Crippen LogP contribution is 2.44. The summed E-state index contributed by atoms with van der Waals surface area (Å²) >= 11 is 0. The van der Waals surface area contributed by atoms with Crippen molar-refractivity contribution in [1.82, 2.24) is 9.55 Å². The van der Waals surface area contributed by atoms with Crippen molar-refractivity contribution in [3.8, 4) is 39.1 Å². The average molecular weight is 614 g/mol. The van der Waals surface area contributed by atoms with Crippen LogP contribution >= 0.6 is 0 Å². The normalized spacial score (nSPS) is 16.1. The van der Waals surface area contributed by atoms with Gasteiger partial charge in [-0.05, 0) is 102 Å². The van der Waals surface area contributed by atoms with Crippen LogP contribution in [0.3, 0.4) is 0 Å². The third kappa shape index (κ3) is 4.53. The second-order valence-electron chi connectivity index (χ2n) is 11.3. The van der Waals surface area contributed by atoms with Crippen LogP contribution in [0, 0.1) is 0 Å². The van der Waals surface area contributed by atoms with Crippen molar-refractivity contribution >= 4 is 43.4 Å². The lowest BCUT2D eigenvalue weighted by molar-refractivity contribution is 0.909. The van der Waals surface area contributed by atoms with Crippen LogP contribution < -0.4 is 0 Å². The third-order valence-electron chi connectivity index (χ3n) is 8.68. The largest absolute Gasteiger partial charge is 0.296 e. The minimum atomic E-state index is -3.02. The maximum atomic E-state index is 9.34. The number of para-hydroxylation sites is 2. The number of aromatic nitrogens is 2. The van der Waals surface area contributed by atoms with Gasteiger partial charge in [0.25, 0.3) is 0 Å². The van der Waals surface area contributed by atoms with Gasteiger partial charge < -0.3 is 0 Å². The molecule has 0 fully saturated rings. The van der Waals surface area contributed by atoms with Gasteiger partial charge in [0.05, 0.1) is 22.0 Å². The Labute approximate surface area is 292 Å². The van der Waals surface area contributed by atoms with Crippen LogP contribution in [0.5, 0.6) is 0 Å². The summed E-state index contributed by atoms with van der Waals surface area (Å²) in [5.74, 6) is -0.282. The predicted molar refractivity (Wildman–Crippen MR) is 199 cm³/mol. The molecule has 0 atom stereocenters. The van der Waals surface area contributed by atoms with Crippen LogP contribution in [0.1, 0.15) is 30.5 Å². The summed E-state index contributed by atoms with van der Waals surface area (Å²) in [6.45, 7) is -3.02. The molecule has 0 aliphatic rings. The summed E-state index contributed by atoms with van der Waals surface area (Å²) in [4.78, 5) is 4.43. The van der Waals surface area contributed by atoms with E-state index < -0.39 is 37.4 Å². The van der Waals surface area contributed by atoms with E-state index in [4.69, 9.17) is 12.3 Å². The SMILES string of the molecule is [2H]c1c([2H])c([2H])c2c(-c3ccc4cc(-n5c(C([2H])([2H])C([2H])([2H])[2H])nc6ccccc65)ccc4c3)c3c([2H])c([2H])c([2H])c([2H])c3c(-c3cccc(-c4ccccc4)c3)c2c1[2H]. The van der Waals surface area contributed by atoms with Crippen molar-refractivity contribution in [1.29, 1.82) is 0 Å². The van der Waals surface area contributed by atoms with Crippen molar-refractivity contribution in [2.45, 2.75) is 13.2 Å².